The number of aromatic amines is 1. The Labute approximate surface area is 94.1 Å². The molecule has 0 amide bonds. The first-order valence-corrected chi connectivity index (χ1v) is 5.00. The highest BCUT2D eigenvalue weighted by molar-refractivity contribution is 5.88. The summed E-state index contributed by atoms with van der Waals surface area (Å²) in [6, 6.07) is 3.61. The molecule has 0 aliphatic heterocycles. The molecule has 4 aromatic heterocycles. The number of furan rings is 1. The monoisotopic (exact) mass is 226 g/mol. The summed E-state index contributed by atoms with van der Waals surface area (Å²) < 4.78 is 6.87. The third-order valence-electron chi connectivity index (χ3n) is 2.53. The average molecular weight is 226 g/mol. The van der Waals surface area contributed by atoms with E-state index in [2.05, 4.69) is 25.3 Å². The fraction of sp³-hybridized carbons (Fsp3) is 0. The first-order valence-electron chi connectivity index (χ1n) is 5.00. The number of nitrogens with zero attached hydrogens (tertiary/aromatic N) is 5. The predicted molar refractivity (Wildman–Crippen MR) is 58.1 cm³/mol. The molecular weight excluding hydrogens is 220 g/mol. The fourth-order valence-electron chi connectivity index (χ4n) is 1.75. The lowest BCUT2D eigenvalue weighted by Gasteiger charge is -1.89. The maximum atomic E-state index is 5.26. The Bertz CT molecular complexity index is 797. The van der Waals surface area contributed by atoms with Gasteiger partial charge in [-0.25, -0.2) is 14.5 Å². The van der Waals surface area contributed by atoms with Gasteiger partial charge in [0.15, 0.2) is 17.1 Å². The van der Waals surface area contributed by atoms with Crippen LogP contribution in [0, 0.1) is 0 Å². The van der Waals surface area contributed by atoms with E-state index < -0.39 is 0 Å². The number of hydrogen-bond donors (Lipinski definition) is 1. The van der Waals surface area contributed by atoms with Crippen LogP contribution in [-0.4, -0.2) is 29.8 Å². The van der Waals surface area contributed by atoms with Gasteiger partial charge in [0.25, 0.3) is 0 Å². The Morgan fingerprint density at radius 1 is 1.35 bits per heavy atom. The predicted octanol–water partition coefficient (Wildman–Crippen LogP) is 1.26. The molecule has 0 atom stereocenters. The first kappa shape index (κ1) is 8.45. The van der Waals surface area contributed by atoms with Gasteiger partial charge in [0, 0.05) is 0 Å². The zero-order chi connectivity index (χ0) is 11.2. The summed E-state index contributed by atoms with van der Waals surface area (Å²) in [6.07, 6.45) is 4.86. The number of hydrogen-bond acceptors (Lipinski definition) is 5. The van der Waals surface area contributed by atoms with Crippen molar-refractivity contribution >= 4 is 16.7 Å². The molecule has 7 nitrogen and oxygen atoms in total. The summed E-state index contributed by atoms with van der Waals surface area (Å²) in [5.74, 6) is 1.16. The van der Waals surface area contributed by atoms with Crippen molar-refractivity contribution in [2.24, 2.45) is 0 Å². The largest absolute Gasteiger partial charge is 0.461 e. The number of rotatable bonds is 1. The summed E-state index contributed by atoms with van der Waals surface area (Å²) in [5, 5.41) is 11.8. The maximum Gasteiger partial charge on any atom is 0.217 e. The van der Waals surface area contributed by atoms with Gasteiger partial charge in [0.1, 0.15) is 6.33 Å². The van der Waals surface area contributed by atoms with E-state index >= 15 is 0 Å². The van der Waals surface area contributed by atoms with Gasteiger partial charge in [0.2, 0.25) is 5.82 Å². The Morgan fingerprint density at radius 2 is 2.35 bits per heavy atom. The molecule has 0 radical (unpaired) electrons. The lowest BCUT2D eigenvalue weighted by molar-refractivity contribution is 0.577. The quantitative estimate of drug-likeness (QED) is 0.528. The smallest absolute Gasteiger partial charge is 0.217 e. The van der Waals surface area contributed by atoms with Crippen LogP contribution in [0.5, 0.6) is 0 Å². The molecule has 1 N–H and O–H groups in total. The molecule has 0 fully saturated rings. The van der Waals surface area contributed by atoms with E-state index in [1.54, 1.807) is 29.4 Å². The molecule has 4 aromatic rings. The number of nitrogens with one attached hydrogen (secondary N) is 1. The molecular formula is C10H6N6O. The molecule has 7 heteroatoms. The molecule has 82 valence electrons. The topological polar surface area (TPSA) is 84.9 Å². The molecule has 17 heavy (non-hydrogen) atoms. The highest BCUT2D eigenvalue weighted by atomic mass is 16.3. The SMILES string of the molecule is c1coc(-c2nc3c4cn[nH]c4ncn3n2)c1. The fourth-order valence-corrected chi connectivity index (χ4v) is 1.75. The lowest BCUT2D eigenvalue weighted by Crippen LogP contribution is -1.89. The van der Waals surface area contributed by atoms with Crippen LogP contribution in [0.15, 0.2) is 35.3 Å². The van der Waals surface area contributed by atoms with Gasteiger partial charge in [-0.15, -0.1) is 5.10 Å². The second kappa shape index (κ2) is 2.91. The number of H-pyrrole nitrogens is 1. The Balaban J connectivity index is 2.09. The van der Waals surface area contributed by atoms with Crippen molar-refractivity contribution in [3.63, 3.8) is 0 Å². The van der Waals surface area contributed by atoms with Crippen molar-refractivity contribution in [2.45, 2.75) is 0 Å². The van der Waals surface area contributed by atoms with Crippen molar-refractivity contribution in [1.29, 1.82) is 0 Å². The van der Waals surface area contributed by atoms with Crippen LogP contribution in [0.2, 0.25) is 0 Å². The minimum atomic E-state index is 0.533. The van der Waals surface area contributed by atoms with E-state index in [0.717, 1.165) is 5.39 Å². The van der Waals surface area contributed by atoms with Crippen LogP contribution in [0.4, 0.5) is 0 Å². The molecule has 0 aliphatic rings. The Kier molecular flexibility index (Phi) is 1.45. The highest BCUT2D eigenvalue weighted by Crippen LogP contribution is 2.19. The molecule has 4 heterocycles. The van der Waals surface area contributed by atoms with Gasteiger partial charge in [-0.1, -0.05) is 0 Å². The van der Waals surface area contributed by atoms with E-state index in [1.165, 1.54) is 0 Å². The summed E-state index contributed by atoms with van der Waals surface area (Å²) in [4.78, 5) is 8.59. The molecule has 0 saturated carbocycles. The molecule has 4 rings (SSSR count). The van der Waals surface area contributed by atoms with Gasteiger partial charge < -0.3 is 4.42 Å². The number of aromatic nitrogens is 6. The van der Waals surface area contributed by atoms with Crippen molar-refractivity contribution < 1.29 is 4.42 Å². The zero-order valence-electron chi connectivity index (χ0n) is 8.53. The van der Waals surface area contributed by atoms with E-state index in [1.807, 2.05) is 6.07 Å². The van der Waals surface area contributed by atoms with Crippen LogP contribution in [0.1, 0.15) is 0 Å². The third kappa shape index (κ3) is 1.10. The first-order chi connectivity index (χ1) is 8.42. The van der Waals surface area contributed by atoms with E-state index in [9.17, 15) is 0 Å². The van der Waals surface area contributed by atoms with Crippen molar-refractivity contribution in [3.05, 3.63) is 30.9 Å². The van der Waals surface area contributed by atoms with E-state index in [4.69, 9.17) is 4.42 Å². The zero-order valence-corrected chi connectivity index (χ0v) is 8.53. The summed E-state index contributed by atoms with van der Waals surface area (Å²) in [5.41, 5.74) is 1.39. The minimum Gasteiger partial charge on any atom is -0.461 e. The Hall–Kier alpha value is -2.70. The van der Waals surface area contributed by atoms with Crippen LogP contribution >= 0.6 is 0 Å². The average Bonchev–Trinajstić information content (AvgIpc) is 3.08. The molecule has 0 saturated heterocycles. The van der Waals surface area contributed by atoms with Gasteiger partial charge in [-0.05, 0) is 12.1 Å². The third-order valence-corrected chi connectivity index (χ3v) is 2.53. The van der Waals surface area contributed by atoms with Crippen LogP contribution in [-0.2, 0) is 0 Å². The molecule has 0 spiro atoms. The van der Waals surface area contributed by atoms with Crippen LogP contribution in [0.3, 0.4) is 0 Å². The maximum absolute atomic E-state index is 5.26. The van der Waals surface area contributed by atoms with Crippen LogP contribution < -0.4 is 0 Å². The van der Waals surface area contributed by atoms with Crippen molar-refractivity contribution in [2.75, 3.05) is 0 Å². The van der Waals surface area contributed by atoms with Gasteiger partial charge >= 0.3 is 0 Å². The second-order valence-electron chi connectivity index (χ2n) is 3.56. The molecule has 0 aromatic carbocycles. The highest BCUT2D eigenvalue weighted by Gasteiger charge is 2.12. The second-order valence-corrected chi connectivity index (χ2v) is 3.56. The normalized spacial score (nSPS) is 11.5. The van der Waals surface area contributed by atoms with Gasteiger partial charge in [-0.3, -0.25) is 5.10 Å². The number of fused-ring (bicyclic) bond motifs is 3. The summed E-state index contributed by atoms with van der Waals surface area (Å²) in [7, 11) is 0. The summed E-state index contributed by atoms with van der Waals surface area (Å²) >= 11 is 0. The van der Waals surface area contributed by atoms with E-state index in [0.29, 0.717) is 22.9 Å². The van der Waals surface area contributed by atoms with Crippen LogP contribution in [0.25, 0.3) is 28.3 Å². The standard InChI is InChI=1S/C10H6N6O/c1-2-7(17-3-1)9-13-10-6-4-12-14-8(6)11-5-16(10)15-9/h1-5H,(H,12,14). The summed E-state index contributed by atoms with van der Waals surface area (Å²) in [6.45, 7) is 0. The molecule has 0 unspecified atom stereocenters. The van der Waals surface area contributed by atoms with Gasteiger partial charge in [-0.2, -0.15) is 5.10 Å². The van der Waals surface area contributed by atoms with Gasteiger partial charge in [0.05, 0.1) is 17.8 Å². The van der Waals surface area contributed by atoms with Crippen molar-refractivity contribution in [1.82, 2.24) is 29.8 Å². The van der Waals surface area contributed by atoms with Crippen molar-refractivity contribution in [3.8, 4) is 11.6 Å². The lowest BCUT2D eigenvalue weighted by atomic mass is 10.4. The molecule has 0 aliphatic carbocycles. The molecule has 0 bridgehead atoms. The van der Waals surface area contributed by atoms with E-state index in [-0.39, 0.29) is 0 Å². The Morgan fingerprint density at radius 3 is 3.24 bits per heavy atom. The minimum absolute atomic E-state index is 0.533.